The van der Waals surface area contributed by atoms with Gasteiger partial charge in [0.2, 0.25) is 5.91 Å². The lowest BCUT2D eigenvalue weighted by molar-refractivity contribution is -0.157. The number of benzene rings is 2. The number of fused-ring (bicyclic) bond motifs is 3. The van der Waals surface area contributed by atoms with Gasteiger partial charge in [0.1, 0.15) is 6.10 Å². The number of amides is 1. The van der Waals surface area contributed by atoms with Crippen LogP contribution in [-0.4, -0.2) is 42.5 Å². The molecule has 5 rings (SSSR count). The van der Waals surface area contributed by atoms with Gasteiger partial charge in [-0.05, 0) is 55.1 Å². The van der Waals surface area contributed by atoms with Crippen LogP contribution in [0.1, 0.15) is 25.3 Å². The van der Waals surface area contributed by atoms with Crippen molar-refractivity contribution in [1.29, 1.82) is 0 Å². The molecule has 3 aliphatic heterocycles. The van der Waals surface area contributed by atoms with E-state index in [9.17, 15) is 9.59 Å². The Kier molecular flexibility index (Phi) is 5.53. The van der Waals surface area contributed by atoms with Crippen LogP contribution in [0.15, 0.2) is 42.5 Å². The highest BCUT2D eigenvalue weighted by Gasteiger charge is 2.36. The number of nitrogens with two attached hydrogens (primary N) is 1. The van der Waals surface area contributed by atoms with E-state index in [1.54, 1.807) is 6.07 Å². The molecular weight excluding hydrogens is 366 g/mol. The molecular formula is C23H27N3O3. The lowest BCUT2D eigenvalue weighted by Crippen LogP contribution is -2.52. The Morgan fingerprint density at radius 2 is 1.90 bits per heavy atom. The number of anilines is 2. The minimum Gasteiger partial charge on any atom is -0.460 e. The molecule has 3 N–H and O–H groups in total. The summed E-state index contributed by atoms with van der Waals surface area (Å²) in [6, 6.07) is 13.2. The second kappa shape index (κ2) is 8.25. The van der Waals surface area contributed by atoms with Crippen LogP contribution < -0.4 is 11.1 Å². The standard InChI is InChI=1S/C23H27N3O3/c1-15(27)25-18-6-7-20(21(24)13-18)19-5-3-2-4-17(19)12-23(28)29-22-14-26-10-8-16(22)9-11-26/h2-7,13,16,22H,8-12,14,24H2,1H3,(H,25,27)/t22-/m0/s1. The minimum absolute atomic E-state index is 0.0131. The van der Waals surface area contributed by atoms with E-state index in [2.05, 4.69) is 10.2 Å². The third kappa shape index (κ3) is 4.43. The number of hydrogen-bond acceptors (Lipinski definition) is 5. The van der Waals surface area contributed by atoms with Gasteiger partial charge in [-0.3, -0.25) is 14.5 Å². The van der Waals surface area contributed by atoms with Crippen LogP contribution in [0.3, 0.4) is 0 Å². The SMILES string of the molecule is CC(=O)Nc1ccc(-c2ccccc2CC(=O)O[C@H]2CN3CCC2CC3)c(N)c1. The second-order valence-corrected chi connectivity index (χ2v) is 7.98. The van der Waals surface area contributed by atoms with Gasteiger partial charge in [-0.1, -0.05) is 30.3 Å². The highest BCUT2D eigenvalue weighted by Crippen LogP contribution is 2.33. The fourth-order valence-electron chi connectivity index (χ4n) is 4.44. The predicted molar refractivity (Wildman–Crippen MR) is 113 cm³/mol. The van der Waals surface area contributed by atoms with Crippen molar-refractivity contribution >= 4 is 23.3 Å². The number of nitrogens with one attached hydrogen (secondary N) is 1. The number of nitrogen functional groups attached to an aromatic ring is 1. The number of carbonyl (C=O) groups excluding carboxylic acids is 2. The van der Waals surface area contributed by atoms with Crippen molar-refractivity contribution in [3.8, 4) is 11.1 Å². The zero-order valence-electron chi connectivity index (χ0n) is 16.7. The van der Waals surface area contributed by atoms with Gasteiger partial charge >= 0.3 is 5.97 Å². The third-order valence-electron chi connectivity index (χ3n) is 5.89. The second-order valence-electron chi connectivity index (χ2n) is 7.98. The smallest absolute Gasteiger partial charge is 0.310 e. The van der Waals surface area contributed by atoms with Gasteiger partial charge < -0.3 is 15.8 Å². The molecule has 3 aliphatic rings. The molecule has 152 valence electrons. The van der Waals surface area contributed by atoms with Crippen LogP contribution in [0.25, 0.3) is 11.1 Å². The molecule has 3 fully saturated rings. The first-order valence-electron chi connectivity index (χ1n) is 10.2. The monoisotopic (exact) mass is 393 g/mol. The van der Waals surface area contributed by atoms with Crippen molar-refractivity contribution in [3.63, 3.8) is 0 Å². The van der Waals surface area contributed by atoms with Crippen LogP contribution >= 0.6 is 0 Å². The highest BCUT2D eigenvalue weighted by atomic mass is 16.5. The molecule has 0 unspecified atom stereocenters. The first-order valence-corrected chi connectivity index (χ1v) is 10.2. The van der Waals surface area contributed by atoms with Gasteiger partial charge in [0.25, 0.3) is 0 Å². The number of esters is 1. The first-order chi connectivity index (χ1) is 14.0. The van der Waals surface area contributed by atoms with Crippen molar-refractivity contribution in [3.05, 3.63) is 48.0 Å². The normalized spacial score (nSPS) is 22.9. The van der Waals surface area contributed by atoms with Gasteiger partial charge in [0.05, 0.1) is 6.42 Å². The maximum atomic E-state index is 12.7. The molecule has 2 bridgehead atoms. The highest BCUT2D eigenvalue weighted by molar-refractivity contribution is 5.91. The van der Waals surface area contributed by atoms with E-state index < -0.39 is 0 Å². The van der Waals surface area contributed by atoms with E-state index in [-0.39, 0.29) is 24.4 Å². The number of carbonyl (C=O) groups is 2. The number of nitrogens with zero attached hydrogens (tertiary/aromatic N) is 1. The van der Waals surface area contributed by atoms with E-state index in [1.807, 2.05) is 36.4 Å². The molecule has 0 radical (unpaired) electrons. The van der Waals surface area contributed by atoms with Gasteiger partial charge in [-0.25, -0.2) is 0 Å². The maximum absolute atomic E-state index is 12.7. The molecule has 1 amide bonds. The zero-order valence-corrected chi connectivity index (χ0v) is 16.7. The summed E-state index contributed by atoms with van der Waals surface area (Å²) in [5, 5.41) is 2.73. The van der Waals surface area contributed by atoms with Crippen LogP contribution in [0.2, 0.25) is 0 Å². The molecule has 3 saturated heterocycles. The number of rotatable bonds is 5. The van der Waals surface area contributed by atoms with Crippen molar-refractivity contribution in [1.82, 2.24) is 4.90 Å². The van der Waals surface area contributed by atoms with E-state index in [4.69, 9.17) is 10.5 Å². The summed E-state index contributed by atoms with van der Waals surface area (Å²) in [6.45, 7) is 4.56. The van der Waals surface area contributed by atoms with E-state index >= 15 is 0 Å². The average Bonchev–Trinajstić information content (AvgIpc) is 2.69. The summed E-state index contributed by atoms with van der Waals surface area (Å²) < 4.78 is 5.85. The lowest BCUT2D eigenvalue weighted by Gasteiger charge is -2.43. The molecule has 0 aliphatic carbocycles. The third-order valence-corrected chi connectivity index (χ3v) is 5.89. The summed E-state index contributed by atoms with van der Waals surface area (Å²) in [7, 11) is 0. The summed E-state index contributed by atoms with van der Waals surface area (Å²) >= 11 is 0. The van der Waals surface area contributed by atoms with E-state index in [0.717, 1.165) is 49.2 Å². The Labute approximate surface area is 171 Å². The summed E-state index contributed by atoms with van der Waals surface area (Å²) in [6.07, 6.45) is 2.46. The molecule has 0 aromatic heterocycles. The van der Waals surface area contributed by atoms with Crippen LogP contribution in [0.5, 0.6) is 0 Å². The summed E-state index contributed by atoms with van der Waals surface area (Å²) in [4.78, 5) is 26.3. The van der Waals surface area contributed by atoms with Crippen LogP contribution in [0, 0.1) is 5.92 Å². The average molecular weight is 393 g/mol. The van der Waals surface area contributed by atoms with Gasteiger partial charge in [-0.15, -0.1) is 0 Å². The maximum Gasteiger partial charge on any atom is 0.310 e. The van der Waals surface area contributed by atoms with Crippen molar-refractivity contribution in [2.24, 2.45) is 5.92 Å². The lowest BCUT2D eigenvalue weighted by atomic mass is 9.86. The molecule has 6 nitrogen and oxygen atoms in total. The van der Waals surface area contributed by atoms with Crippen LogP contribution in [-0.2, 0) is 20.7 Å². The predicted octanol–water partition coefficient (Wildman–Crippen LogP) is 3.07. The van der Waals surface area contributed by atoms with Crippen molar-refractivity contribution in [2.75, 3.05) is 30.7 Å². The van der Waals surface area contributed by atoms with Crippen molar-refractivity contribution < 1.29 is 14.3 Å². The van der Waals surface area contributed by atoms with Gasteiger partial charge in [-0.2, -0.15) is 0 Å². The molecule has 1 atom stereocenters. The van der Waals surface area contributed by atoms with Crippen LogP contribution in [0.4, 0.5) is 11.4 Å². The first kappa shape index (κ1) is 19.5. The quantitative estimate of drug-likeness (QED) is 0.602. The zero-order chi connectivity index (χ0) is 20.4. The van der Waals surface area contributed by atoms with Gasteiger partial charge in [0, 0.05) is 30.4 Å². The molecule has 0 saturated carbocycles. The van der Waals surface area contributed by atoms with E-state index in [0.29, 0.717) is 17.3 Å². The summed E-state index contributed by atoms with van der Waals surface area (Å²) in [5.74, 6) is 0.161. The Morgan fingerprint density at radius 3 is 2.55 bits per heavy atom. The molecule has 6 heteroatoms. The number of ether oxygens (including phenoxy) is 1. The number of piperidine rings is 3. The summed E-state index contributed by atoms with van der Waals surface area (Å²) in [5.41, 5.74) is 10.1. The Morgan fingerprint density at radius 1 is 1.14 bits per heavy atom. The Balaban J connectivity index is 1.50. The Bertz CT molecular complexity index is 919. The fraction of sp³-hybridized carbons (Fsp3) is 0.391. The van der Waals surface area contributed by atoms with E-state index in [1.165, 1.54) is 6.92 Å². The number of hydrogen-bond donors (Lipinski definition) is 2. The van der Waals surface area contributed by atoms with Gasteiger partial charge in [0.15, 0.2) is 0 Å². The fourth-order valence-corrected chi connectivity index (χ4v) is 4.44. The Hall–Kier alpha value is -2.86. The topological polar surface area (TPSA) is 84.7 Å². The minimum atomic E-state index is -0.190. The van der Waals surface area contributed by atoms with Crippen molar-refractivity contribution in [2.45, 2.75) is 32.3 Å². The largest absolute Gasteiger partial charge is 0.460 e. The molecule has 2 aromatic carbocycles. The molecule has 29 heavy (non-hydrogen) atoms. The molecule has 0 spiro atoms. The molecule has 3 heterocycles. The molecule has 2 aromatic rings.